The van der Waals surface area contributed by atoms with Gasteiger partial charge in [0.1, 0.15) is 6.33 Å². The number of aromatic nitrogens is 2. The average molecular weight is 341 g/mol. The third kappa shape index (κ3) is 3.71. The summed E-state index contributed by atoms with van der Waals surface area (Å²) in [5.41, 5.74) is 0.793. The van der Waals surface area contributed by atoms with Gasteiger partial charge >= 0.3 is 0 Å². The highest BCUT2D eigenvalue weighted by Crippen LogP contribution is 2.26. The van der Waals surface area contributed by atoms with Crippen molar-refractivity contribution in [2.45, 2.75) is 19.9 Å². The normalized spacial score (nSPS) is 12.3. The fourth-order valence-corrected chi connectivity index (χ4v) is 3.43. The van der Waals surface area contributed by atoms with E-state index in [1.54, 1.807) is 11.3 Å². The molecule has 0 aliphatic rings. The minimum atomic E-state index is -0.162. The van der Waals surface area contributed by atoms with Crippen LogP contribution in [0.25, 0.3) is 10.9 Å². The van der Waals surface area contributed by atoms with Crippen LogP contribution in [0.15, 0.2) is 48.1 Å². The van der Waals surface area contributed by atoms with Crippen LogP contribution in [0.4, 0.5) is 0 Å². The van der Waals surface area contributed by atoms with E-state index in [1.165, 1.54) is 6.33 Å². The predicted molar refractivity (Wildman–Crippen MR) is 95.1 cm³/mol. The number of para-hydroxylation sites is 1. The number of hydrogen-bond donors (Lipinski definition) is 1. The Kier molecular flexibility index (Phi) is 5.05. The van der Waals surface area contributed by atoms with Gasteiger partial charge in [-0.3, -0.25) is 4.79 Å². The first-order chi connectivity index (χ1) is 11.6. The van der Waals surface area contributed by atoms with Gasteiger partial charge in [-0.15, -0.1) is 11.3 Å². The molecule has 1 amide bonds. The maximum absolute atomic E-state index is 12.3. The summed E-state index contributed by atoms with van der Waals surface area (Å²) >= 11 is 1.64. The number of carbonyl (C=O) groups is 1. The number of hydrogen-bond acceptors (Lipinski definition) is 5. The molecule has 5 nitrogen and oxygen atoms in total. The molecule has 124 valence electrons. The molecular weight excluding hydrogens is 322 g/mol. The fourth-order valence-electron chi connectivity index (χ4n) is 2.48. The molecule has 0 fully saturated rings. The Hall–Kier alpha value is -2.47. The van der Waals surface area contributed by atoms with Gasteiger partial charge in [0.05, 0.1) is 16.9 Å². The van der Waals surface area contributed by atoms with Crippen LogP contribution in [0.3, 0.4) is 0 Å². The van der Waals surface area contributed by atoms with Crippen molar-refractivity contribution in [1.82, 2.24) is 15.3 Å². The van der Waals surface area contributed by atoms with E-state index in [1.807, 2.05) is 41.8 Å². The van der Waals surface area contributed by atoms with E-state index in [4.69, 9.17) is 4.74 Å². The Bertz CT molecular complexity index is 813. The summed E-state index contributed by atoms with van der Waals surface area (Å²) in [6.45, 7) is 4.10. The fraction of sp³-hybridized carbons (Fsp3) is 0.278. The van der Waals surface area contributed by atoms with Gasteiger partial charge in [-0.2, -0.15) is 0 Å². The van der Waals surface area contributed by atoms with Crippen LogP contribution >= 0.6 is 11.3 Å². The minimum Gasteiger partial charge on any atom is -0.467 e. The lowest BCUT2D eigenvalue weighted by molar-refractivity contribution is -0.124. The first kappa shape index (κ1) is 16.4. The first-order valence-electron chi connectivity index (χ1n) is 7.80. The Morgan fingerprint density at radius 3 is 2.79 bits per heavy atom. The van der Waals surface area contributed by atoms with Crippen LogP contribution in [0.2, 0.25) is 0 Å². The van der Waals surface area contributed by atoms with Crippen LogP contribution < -0.4 is 10.1 Å². The number of carbonyl (C=O) groups excluding carboxylic acids is 1. The number of nitrogens with zero attached hydrogens (tertiary/aromatic N) is 2. The number of fused-ring (bicyclic) bond motifs is 1. The molecule has 0 aliphatic heterocycles. The topological polar surface area (TPSA) is 64.1 Å². The minimum absolute atomic E-state index is 0.0109. The average Bonchev–Trinajstić information content (AvgIpc) is 3.11. The van der Waals surface area contributed by atoms with Crippen LogP contribution in [-0.2, 0) is 4.79 Å². The van der Waals surface area contributed by atoms with Gasteiger partial charge in [0.25, 0.3) is 5.91 Å². The van der Waals surface area contributed by atoms with Crippen LogP contribution in [0.5, 0.6) is 5.88 Å². The summed E-state index contributed by atoms with van der Waals surface area (Å²) in [6, 6.07) is 11.6. The zero-order chi connectivity index (χ0) is 16.9. The highest BCUT2D eigenvalue weighted by Gasteiger charge is 2.19. The molecule has 1 unspecified atom stereocenters. The number of nitrogens with one attached hydrogen (secondary N) is 1. The zero-order valence-electron chi connectivity index (χ0n) is 13.6. The molecular formula is C18H19N3O2S. The Morgan fingerprint density at radius 1 is 1.21 bits per heavy atom. The van der Waals surface area contributed by atoms with Gasteiger partial charge in [0.15, 0.2) is 6.61 Å². The predicted octanol–water partition coefficient (Wildman–Crippen LogP) is 3.58. The molecule has 1 N–H and O–H groups in total. The maximum Gasteiger partial charge on any atom is 0.258 e. The molecule has 3 aromatic rings. The lowest BCUT2D eigenvalue weighted by Gasteiger charge is -2.21. The second-order valence-corrected chi connectivity index (χ2v) is 6.77. The van der Waals surface area contributed by atoms with E-state index < -0.39 is 0 Å². The van der Waals surface area contributed by atoms with Crippen LogP contribution in [-0.4, -0.2) is 22.5 Å². The summed E-state index contributed by atoms with van der Waals surface area (Å²) < 4.78 is 5.62. The molecule has 2 aromatic heterocycles. The smallest absolute Gasteiger partial charge is 0.258 e. The van der Waals surface area contributed by atoms with Crippen LogP contribution in [0.1, 0.15) is 24.8 Å². The lowest BCUT2D eigenvalue weighted by atomic mass is 10.0. The van der Waals surface area contributed by atoms with E-state index in [-0.39, 0.29) is 18.6 Å². The molecule has 0 radical (unpaired) electrons. The van der Waals surface area contributed by atoms with Crippen molar-refractivity contribution in [3.63, 3.8) is 0 Å². The quantitative estimate of drug-likeness (QED) is 0.744. The maximum atomic E-state index is 12.3. The Labute approximate surface area is 144 Å². The molecule has 2 heterocycles. The van der Waals surface area contributed by atoms with Gasteiger partial charge in [0, 0.05) is 4.88 Å². The van der Waals surface area contributed by atoms with E-state index in [0.717, 1.165) is 15.8 Å². The van der Waals surface area contributed by atoms with E-state index >= 15 is 0 Å². The first-order valence-corrected chi connectivity index (χ1v) is 8.68. The second-order valence-electron chi connectivity index (χ2n) is 5.79. The number of rotatable bonds is 6. The van der Waals surface area contributed by atoms with Crippen molar-refractivity contribution < 1.29 is 9.53 Å². The van der Waals surface area contributed by atoms with E-state index in [2.05, 4.69) is 29.1 Å². The van der Waals surface area contributed by atoms with Crippen molar-refractivity contribution in [1.29, 1.82) is 0 Å². The third-order valence-corrected chi connectivity index (χ3v) is 4.63. The summed E-state index contributed by atoms with van der Waals surface area (Å²) in [5, 5.41) is 5.85. The molecule has 24 heavy (non-hydrogen) atoms. The molecule has 1 atom stereocenters. The second kappa shape index (κ2) is 7.40. The summed E-state index contributed by atoms with van der Waals surface area (Å²) in [7, 11) is 0. The standard InChI is InChI=1S/C18H19N3O2S/c1-12(2)17(15-8-5-9-24-15)21-16(22)10-23-18-13-6-3-4-7-14(13)19-11-20-18/h3-9,11-12,17H,10H2,1-2H3,(H,21,22). The Morgan fingerprint density at radius 2 is 2.04 bits per heavy atom. The summed E-state index contributed by atoms with van der Waals surface area (Å²) in [5.74, 6) is 0.560. The number of amides is 1. The summed E-state index contributed by atoms with van der Waals surface area (Å²) in [4.78, 5) is 21.7. The zero-order valence-corrected chi connectivity index (χ0v) is 14.4. The van der Waals surface area contributed by atoms with Gasteiger partial charge in [-0.05, 0) is 29.5 Å². The lowest BCUT2D eigenvalue weighted by Crippen LogP contribution is -2.34. The van der Waals surface area contributed by atoms with Crippen molar-refractivity contribution in [2.75, 3.05) is 6.61 Å². The van der Waals surface area contributed by atoms with Gasteiger partial charge in [-0.1, -0.05) is 32.0 Å². The number of benzene rings is 1. The van der Waals surface area contributed by atoms with Crippen molar-refractivity contribution in [3.8, 4) is 5.88 Å². The van der Waals surface area contributed by atoms with Crippen molar-refractivity contribution in [3.05, 3.63) is 53.0 Å². The number of ether oxygens (including phenoxy) is 1. The van der Waals surface area contributed by atoms with Gasteiger partial charge in [-0.25, -0.2) is 9.97 Å². The monoisotopic (exact) mass is 341 g/mol. The van der Waals surface area contributed by atoms with Gasteiger partial charge in [0.2, 0.25) is 5.88 Å². The highest BCUT2D eigenvalue weighted by atomic mass is 32.1. The third-order valence-electron chi connectivity index (χ3n) is 3.68. The molecule has 1 aromatic carbocycles. The largest absolute Gasteiger partial charge is 0.467 e. The molecule has 3 rings (SSSR count). The molecule has 0 bridgehead atoms. The van der Waals surface area contributed by atoms with Crippen molar-refractivity contribution >= 4 is 28.1 Å². The van der Waals surface area contributed by atoms with Gasteiger partial charge < -0.3 is 10.1 Å². The molecule has 6 heteroatoms. The van der Waals surface area contributed by atoms with Crippen LogP contribution in [0, 0.1) is 5.92 Å². The van der Waals surface area contributed by atoms with Crippen molar-refractivity contribution in [2.24, 2.45) is 5.92 Å². The molecule has 0 saturated heterocycles. The number of thiophene rings is 1. The SMILES string of the molecule is CC(C)C(NC(=O)COc1ncnc2ccccc12)c1cccs1. The van der Waals surface area contributed by atoms with E-state index in [9.17, 15) is 4.79 Å². The molecule has 0 spiro atoms. The Balaban J connectivity index is 1.66. The summed E-state index contributed by atoms with van der Waals surface area (Å²) in [6.07, 6.45) is 1.44. The molecule has 0 aliphatic carbocycles. The van der Waals surface area contributed by atoms with E-state index in [0.29, 0.717) is 11.8 Å². The molecule has 0 saturated carbocycles. The highest BCUT2D eigenvalue weighted by molar-refractivity contribution is 7.10.